The third-order valence-electron chi connectivity index (χ3n) is 4.69. The molecule has 0 heterocycles. The highest BCUT2D eigenvalue weighted by Crippen LogP contribution is 2.05. The minimum absolute atomic E-state index is 0.259. The zero-order valence-corrected chi connectivity index (χ0v) is 18.9. The molecule has 0 aliphatic carbocycles. The molecule has 0 bridgehead atoms. The van der Waals surface area contributed by atoms with Crippen molar-refractivity contribution in [2.75, 3.05) is 0 Å². The molecule has 33 heavy (non-hydrogen) atoms. The first-order valence-corrected chi connectivity index (χ1v) is 10.3. The van der Waals surface area contributed by atoms with Crippen molar-refractivity contribution in [1.82, 2.24) is 16.0 Å². The Kier molecular flexibility index (Phi) is 12.6. The van der Waals surface area contributed by atoms with Crippen molar-refractivity contribution in [1.29, 1.82) is 0 Å². The van der Waals surface area contributed by atoms with Crippen molar-refractivity contribution in [3.8, 4) is 0 Å². The highest BCUT2D eigenvalue weighted by Gasteiger charge is 2.33. The van der Waals surface area contributed by atoms with Crippen LogP contribution in [0, 0.1) is 5.92 Å². The van der Waals surface area contributed by atoms with Crippen LogP contribution in [0.5, 0.6) is 0 Å². The van der Waals surface area contributed by atoms with Crippen molar-refractivity contribution in [3.63, 3.8) is 0 Å². The number of nitrogens with one attached hydrogen (secondary N) is 3. The molecular weight excluding hydrogens is 440 g/mol. The Labute approximate surface area is 191 Å². The van der Waals surface area contributed by atoms with Gasteiger partial charge in [0.05, 0.1) is 12.1 Å². The average molecular weight is 475 g/mol. The first kappa shape index (κ1) is 29.7. The Bertz CT molecular complexity index is 742. The standard InChI is InChI=1S/C19H34N6O8/c1-8(2)14(22)17(30)25-15(9(3)26)18(31)23-10(4-6-12(20)27)16(29)24-11(19(32)33)5-7-13(21)28/h8-11,14-15,26H,4-7,22H2,1-3H3,(H2,20,27)(H2,21,28)(H,23,31)(H,24,29)(H,25,30)(H,32,33). The lowest BCUT2D eigenvalue weighted by Crippen LogP contribution is -2.60. The number of nitrogens with two attached hydrogens (primary N) is 3. The third kappa shape index (κ3) is 11.2. The van der Waals surface area contributed by atoms with Gasteiger partial charge in [-0.2, -0.15) is 0 Å². The van der Waals surface area contributed by atoms with Crippen LogP contribution in [0.4, 0.5) is 0 Å². The van der Waals surface area contributed by atoms with E-state index in [2.05, 4.69) is 16.0 Å². The van der Waals surface area contributed by atoms with Gasteiger partial charge in [0, 0.05) is 12.8 Å². The van der Waals surface area contributed by atoms with Crippen LogP contribution in [-0.4, -0.2) is 76.0 Å². The number of carboxylic acids is 1. The summed E-state index contributed by atoms with van der Waals surface area (Å²) in [6.45, 7) is 4.60. The number of carbonyl (C=O) groups is 6. The van der Waals surface area contributed by atoms with E-state index in [-0.39, 0.29) is 31.6 Å². The molecule has 0 aliphatic heterocycles. The quantitative estimate of drug-likeness (QED) is 0.116. The Hall–Kier alpha value is -3.26. The second-order valence-corrected chi connectivity index (χ2v) is 7.97. The highest BCUT2D eigenvalue weighted by atomic mass is 16.4. The van der Waals surface area contributed by atoms with Crippen LogP contribution in [0.25, 0.3) is 0 Å². The number of aliphatic carboxylic acids is 1. The van der Waals surface area contributed by atoms with Gasteiger partial charge in [0.2, 0.25) is 29.5 Å². The lowest BCUT2D eigenvalue weighted by Gasteiger charge is -2.27. The molecule has 5 unspecified atom stereocenters. The molecule has 0 aromatic carbocycles. The molecule has 5 amide bonds. The van der Waals surface area contributed by atoms with E-state index in [4.69, 9.17) is 17.2 Å². The van der Waals surface area contributed by atoms with Gasteiger partial charge in [-0.15, -0.1) is 0 Å². The van der Waals surface area contributed by atoms with E-state index in [0.717, 1.165) is 0 Å². The number of carbonyl (C=O) groups excluding carboxylic acids is 5. The third-order valence-corrected chi connectivity index (χ3v) is 4.69. The minimum atomic E-state index is -1.49. The fraction of sp³-hybridized carbons (Fsp3) is 0.684. The Morgan fingerprint density at radius 1 is 0.758 bits per heavy atom. The Balaban J connectivity index is 5.53. The number of primary amides is 2. The van der Waals surface area contributed by atoms with Crippen molar-refractivity contribution in [3.05, 3.63) is 0 Å². The molecule has 0 saturated heterocycles. The first-order valence-electron chi connectivity index (χ1n) is 10.3. The van der Waals surface area contributed by atoms with Crippen LogP contribution in [0.1, 0.15) is 46.5 Å². The van der Waals surface area contributed by atoms with Gasteiger partial charge in [0.1, 0.15) is 18.1 Å². The summed E-state index contributed by atoms with van der Waals surface area (Å²) in [4.78, 5) is 71.0. The molecule has 0 aromatic rings. The van der Waals surface area contributed by atoms with E-state index < -0.39 is 65.8 Å². The monoisotopic (exact) mass is 474 g/mol. The molecule has 5 atom stereocenters. The van der Waals surface area contributed by atoms with Crippen molar-refractivity contribution in [2.24, 2.45) is 23.1 Å². The summed E-state index contributed by atoms with van der Waals surface area (Å²) in [5.74, 6) is -5.91. The summed E-state index contributed by atoms with van der Waals surface area (Å²) in [6.07, 6.45) is -2.62. The topological polar surface area (TPSA) is 257 Å². The average Bonchev–Trinajstić information content (AvgIpc) is 2.69. The molecule has 14 nitrogen and oxygen atoms in total. The normalized spacial score (nSPS) is 15.5. The second-order valence-electron chi connectivity index (χ2n) is 7.97. The van der Waals surface area contributed by atoms with Gasteiger partial charge >= 0.3 is 5.97 Å². The number of hydrogen-bond acceptors (Lipinski definition) is 8. The van der Waals surface area contributed by atoms with E-state index in [0.29, 0.717) is 0 Å². The molecule has 188 valence electrons. The Morgan fingerprint density at radius 2 is 1.21 bits per heavy atom. The summed E-state index contributed by atoms with van der Waals surface area (Å²) in [6, 6.07) is -5.38. The summed E-state index contributed by atoms with van der Waals surface area (Å²) in [5, 5.41) is 25.9. The molecule has 0 spiro atoms. The maximum absolute atomic E-state index is 12.7. The molecule has 11 N–H and O–H groups in total. The Morgan fingerprint density at radius 3 is 1.61 bits per heavy atom. The summed E-state index contributed by atoms with van der Waals surface area (Å²) >= 11 is 0. The lowest BCUT2D eigenvalue weighted by molar-refractivity contribution is -0.143. The van der Waals surface area contributed by atoms with Gasteiger partial charge in [-0.25, -0.2) is 4.79 Å². The molecular formula is C19H34N6O8. The fourth-order valence-corrected chi connectivity index (χ4v) is 2.59. The first-order chi connectivity index (χ1) is 15.2. The second kappa shape index (κ2) is 14.0. The van der Waals surface area contributed by atoms with Gasteiger partial charge in [0.25, 0.3) is 0 Å². The number of carboxylic acid groups (broad SMARTS) is 1. The number of hydrogen-bond donors (Lipinski definition) is 8. The maximum atomic E-state index is 12.7. The van der Waals surface area contributed by atoms with Crippen molar-refractivity contribution in [2.45, 2.75) is 76.7 Å². The molecule has 14 heteroatoms. The minimum Gasteiger partial charge on any atom is -0.480 e. The smallest absolute Gasteiger partial charge is 0.326 e. The van der Waals surface area contributed by atoms with Crippen LogP contribution in [0.2, 0.25) is 0 Å². The molecule has 0 saturated carbocycles. The van der Waals surface area contributed by atoms with Crippen LogP contribution < -0.4 is 33.2 Å². The number of amides is 5. The lowest BCUT2D eigenvalue weighted by atomic mass is 10.0. The van der Waals surface area contributed by atoms with Crippen LogP contribution >= 0.6 is 0 Å². The summed E-state index contributed by atoms with van der Waals surface area (Å²) in [7, 11) is 0. The molecule has 0 radical (unpaired) electrons. The van der Waals surface area contributed by atoms with Crippen LogP contribution in [0.3, 0.4) is 0 Å². The van der Waals surface area contributed by atoms with E-state index >= 15 is 0 Å². The van der Waals surface area contributed by atoms with Gasteiger partial charge < -0.3 is 43.4 Å². The fourth-order valence-electron chi connectivity index (χ4n) is 2.59. The number of aliphatic hydroxyl groups excluding tert-OH is 1. The SMILES string of the molecule is CC(C)C(N)C(=O)NC(C(=O)NC(CCC(N)=O)C(=O)NC(CCC(N)=O)C(=O)O)C(C)O. The molecule has 0 rings (SSSR count). The van der Waals surface area contributed by atoms with Crippen molar-refractivity contribution >= 4 is 35.5 Å². The zero-order chi connectivity index (χ0) is 25.9. The van der Waals surface area contributed by atoms with Crippen LogP contribution in [-0.2, 0) is 28.8 Å². The van der Waals surface area contributed by atoms with E-state index in [1.807, 2.05) is 0 Å². The largest absolute Gasteiger partial charge is 0.480 e. The molecule has 0 aromatic heterocycles. The predicted octanol–water partition coefficient (Wildman–Crippen LogP) is -3.58. The molecule has 0 aliphatic rings. The van der Waals surface area contributed by atoms with E-state index in [9.17, 15) is 39.0 Å². The van der Waals surface area contributed by atoms with E-state index in [1.165, 1.54) is 6.92 Å². The predicted molar refractivity (Wildman–Crippen MR) is 115 cm³/mol. The number of rotatable bonds is 15. The zero-order valence-electron chi connectivity index (χ0n) is 18.9. The summed E-state index contributed by atoms with van der Waals surface area (Å²) < 4.78 is 0. The highest BCUT2D eigenvalue weighted by molar-refractivity contribution is 5.94. The van der Waals surface area contributed by atoms with Gasteiger partial charge in [-0.05, 0) is 25.7 Å². The van der Waals surface area contributed by atoms with Crippen LogP contribution in [0.15, 0.2) is 0 Å². The maximum Gasteiger partial charge on any atom is 0.326 e. The number of aliphatic hydroxyl groups is 1. The van der Waals surface area contributed by atoms with Gasteiger partial charge in [0.15, 0.2) is 0 Å². The van der Waals surface area contributed by atoms with Gasteiger partial charge in [-0.1, -0.05) is 13.8 Å². The van der Waals surface area contributed by atoms with Crippen molar-refractivity contribution < 1.29 is 39.0 Å². The van der Waals surface area contributed by atoms with Gasteiger partial charge in [-0.3, -0.25) is 24.0 Å². The molecule has 0 fully saturated rings. The summed E-state index contributed by atoms with van der Waals surface area (Å²) in [5.41, 5.74) is 15.8. The van der Waals surface area contributed by atoms with E-state index in [1.54, 1.807) is 13.8 Å².